The van der Waals surface area contributed by atoms with E-state index in [0.717, 1.165) is 37.5 Å². The molecule has 185 valence electrons. The van der Waals surface area contributed by atoms with E-state index in [9.17, 15) is 9.59 Å². The number of likely N-dealkylation sites (N-methyl/N-ethyl adjacent to an activating group) is 1. The van der Waals surface area contributed by atoms with Gasteiger partial charge in [-0.25, -0.2) is 0 Å². The van der Waals surface area contributed by atoms with Crippen LogP contribution in [0.3, 0.4) is 0 Å². The minimum absolute atomic E-state index is 0. The zero-order valence-corrected chi connectivity index (χ0v) is 22.7. The molecular weight excluding hydrogens is 535 g/mol. The summed E-state index contributed by atoms with van der Waals surface area (Å²) in [6.45, 7) is 9.21. The van der Waals surface area contributed by atoms with Gasteiger partial charge in [-0.3, -0.25) is 14.5 Å². The number of carbonyl (C=O) groups excluding carboxylic acids is 2. The molecule has 0 saturated carbocycles. The molecule has 2 N–H and O–H groups in total. The quantitative estimate of drug-likeness (QED) is 0.237. The smallest absolute Gasteiger partial charge is 0.243 e. The Morgan fingerprint density at radius 2 is 1.62 bits per heavy atom. The third kappa shape index (κ3) is 13.0. The Morgan fingerprint density at radius 1 is 1.03 bits per heavy atom. The van der Waals surface area contributed by atoms with Crippen molar-refractivity contribution in [3.63, 3.8) is 0 Å². The number of nitrogens with zero attached hydrogens (tertiary/aromatic N) is 2. The Labute approximate surface area is 216 Å². The number of hydrogen-bond acceptors (Lipinski definition) is 7. The van der Waals surface area contributed by atoms with Crippen LogP contribution in [0.15, 0.2) is 24.3 Å². The summed E-state index contributed by atoms with van der Waals surface area (Å²) in [6, 6.07) is 6.78. The molecule has 0 aliphatic heterocycles. The van der Waals surface area contributed by atoms with Crippen molar-refractivity contribution in [2.45, 2.75) is 26.4 Å². The number of methoxy groups -OCH3 is 1. The summed E-state index contributed by atoms with van der Waals surface area (Å²) in [4.78, 5) is 29.4. The molecule has 0 bridgehead atoms. The fourth-order valence-corrected chi connectivity index (χ4v) is 3.47. The van der Waals surface area contributed by atoms with Crippen molar-refractivity contribution in [2.75, 3.05) is 57.9 Å². The summed E-state index contributed by atoms with van der Waals surface area (Å²) in [6.07, 6.45) is 0. The summed E-state index contributed by atoms with van der Waals surface area (Å²) in [5.41, 5.74) is 0.949. The Bertz CT molecular complexity index is 637. The number of ether oxygens (including phenoxy) is 1. The number of benzene rings is 1. The Morgan fingerprint density at radius 3 is 2.12 bits per heavy atom. The summed E-state index contributed by atoms with van der Waals surface area (Å²) >= 11 is 8.53. The van der Waals surface area contributed by atoms with Crippen molar-refractivity contribution < 1.29 is 39.9 Å². The van der Waals surface area contributed by atoms with Crippen LogP contribution in [0.2, 0.25) is 0 Å². The maximum absolute atomic E-state index is 12.5. The molecule has 1 rings (SSSR count). The van der Waals surface area contributed by atoms with E-state index in [1.54, 1.807) is 7.11 Å². The van der Waals surface area contributed by atoms with Gasteiger partial charge in [0.25, 0.3) is 0 Å². The van der Waals surface area contributed by atoms with Crippen LogP contribution in [0.4, 0.5) is 0 Å². The molecule has 0 heterocycles. The minimum atomic E-state index is -0.681. The number of nitrogens with one attached hydrogen (secondary N) is 2. The van der Waals surface area contributed by atoms with Gasteiger partial charge in [-0.2, -0.15) is 25.3 Å². The SMILES string of the molecule is CCN(CC)CCN(CCS)CC(=O)N[C@H](CS)C(=O)NCc1ccc(OC)cc1.[99Tc].[O-2]. The predicted octanol–water partition coefficient (Wildman–Crippen LogP) is 1.18. The van der Waals surface area contributed by atoms with Gasteiger partial charge >= 0.3 is 0 Å². The number of thiol groups is 2. The Hall–Kier alpha value is -0.811. The van der Waals surface area contributed by atoms with E-state index >= 15 is 0 Å². The van der Waals surface area contributed by atoms with Crippen molar-refractivity contribution in [1.82, 2.24) is 20.4 Å². The Balaban J connectivity index is 0. The molecule has 1 aromatic rings. The van der Waals surface area contributed by atoms with Crippen LogP contribution >= 0.6 is 25.3 Å². The van der Waals surface area contributed by atoms with Gasteiger partial charge in [0.2, 0.25) is 11.8 Å². The molecule has 0 aliphatic carbocycles. The van der Waals surface area contributed by atoms with Crippen LogP contribution in [-0.2, 0) is 41.7 Å². The average molecular weight is 572 g/mol. The van der Waals surface area contributed by atoms with E-state index < -0.39 is 6.04 Å². The van der Waals surface area contributed by atoms with Crippen LogP contribution in [0.1, 0.15) is 19.4 Å². The van der Waals surface area contributed by atoms with Gasteiger partial charge in [-0.05, 0) is 30.8 Å². The van der Waals surface area contributed by atoms with E-state index in [0.29, 0.717) is 18.8 Å². The van der Waals surface area contributed by atoms with Crippen molar-refractivity contribution in [3.8, 4) is 5.75 Å². The summed E-state index contributed by atoms with van der Waals surface area (Å²) in [5, 5.41) is 5.65. The summed E-state index contributed by atoms with van der Waals surface area (Å²) < 4.78 is 5.13. The van der Waals surface area contributed by atoms with Crippen LogP contribution in [0, 0.1) is 0 Å². The van der Waals surface area contributed by atoms with Crippen LogP contribution in [-0.4, -0.2) is 85.5 Å². The first-order chi connectivity index (χ1) is 14.5. The van der Waals surface area contributed by atoms with Gasteiger partial charge < -0.3 is 25.7 Å². The molecule has 0 unspecified atom stereocenters. The monoisotopic (exact) mass is 571 g/mol. The Kier molecular flexibility index (Phi) is 20.5. The first kappa shape index (κ1) is 33.4. The van der Waals surface area contributed by atoms with Gasteiger partial charge in [-0.15, -0.1) is 0 Å². The van der Waals surface area contributed by atoms with E-state index in [-0.39, 0.29) is 49.7 Å². The zero-order valence-electron chi connectivity index (χ0n) is 19.1. The number of amides is 2. The first-order valence-corrected chi connectivity index (χ1v) is 11.6. The number of hydrogen-bond donors (Lipinski definition) is 4. The van der Waals surface area contributed by atoms with Crippen LogP contribution in [0.25, 0.3) is 0 Å². The van der Waals surface area contributed by atoms with Crippen molar-refractivity contribution in [3.05, 3.63) is 29.8 Å². The molecule has 1 aromatic carbocycles. The molecule has 2 amide bonds. The molecule has 32 heavy (non-hydrogen) atoms. The van der Waals surface area contributed by atoms with E-state index in [4.69, 9.17) is 4.74 Å². The van der Waals surface area contributed by atoms with Crippen LogP contribution < -0.4 is 15.4 Å². The maximum atomic E-state index is 12.5. The average Bonchev–Trinajstić information content (AvgIpc) is 2.76. The fourth-order valence-electron chi connectivity index (χ4n) is 2.93. The third-order valence-corrected chi connectivity index (χ3v) is 5.44. The third-order valence-electron chi connectivity index (χ3n) is 4.87. The van der Waals surface area contributed by atoms with E-state index in [1.165, 1.54) is 0 Å². The molecule has 8 nitrogen and oxygen atoms in total. The zero-order chi connectivity index (χ0) is 22.4. The van der Waals surface area contributed by atoms with E-state index in [2.05, 4.69) is 59.5 Å². The van der Waals surface area contributed by atoms with Crippen LogP contribution in [0.5, 0.6) is 5.75 Å². The minimum Gasteiger partial charge on any atom is -2.00 e. The van der Waals surface area contributed by atoms with Crippen molar-refractivity contribution in [2.24, 2.45) is 0 Å². The largest absolute Gasteiger partial charge is 2.00 e. The van der Waals surface area contributed by atoms with Gasteiger partial charge in [-0.1, -0.05) is 26.0 Å². The molecular formula is C21H36N4O4S2Tc-2. The molecule has 1 radical (unpaired) electrons. The molecule has 0 spiro atoms. The second kappa shape index (κ2) is 19.6. The first-order valence-electron chi connectivity index (χ1n) is 10.3. The molecule has 0 saturated heterocycles. The van der Waals surface area contributed by atoms with E-state index in [1.807, 2.05) is 24.3 Å². The van der Waals surface area contributed by atoms with Crippen molar-refractivity contribution in [1.29, 1.82) is 0 Å². The van der Waals surface area contributed by atoms with Crippen molar-refractivity contribution >= 4 is 37.1 Å². The normalized spacial score (nSPS) is 11.3. The number of carbonyl (C=O) groups is 2. The molecule has 0 fully saturated rings. The summed E-state index contributed by atoms with van der Waals surface area (Å²) in [5.74, 6) is 1.22. The molecule has 0 aliphatic rings. The van der Waals surface area contributed by atoms with Gasteiger partial charge in [0, 0.05) is 57.8 Å². The second-order valence-electron chi connectivity index (χ2n) is 6.90. The summed E-state index contributed by atoms with van der Waals surface area (Å²) in [7, 11) is 1.61. The second-order valence-corrected chi connectivity index (χ2v) is 7.71. The van der Waals surface area contributed by atoms with Gasteiger partial charge in [0.1, 0.15) is 11.8 Å². The standard InChI is InChI=1S/C21H36N4O3S2.O.Tc/c1-4-24(5-2)10-11-25(12-13-29)15-20(26)23-19(16-30)21(27)22-14-17-6-8-18(28-3)9-7-17;;/h6-9,19,29-30H,4-5,10-16H2,1-3H3,(H,22,27)(H,23,26);;/q;-2;/t19-;;/m1../s1/i;;1+1. The molecule has 0 aromatic heterocycles. The predicted molar refractivity (Wildman–Crippen MR) is 129 cm³/mol. The molecule has 11 heteroatoms. The fraction of sp³-hybridized carbons (Fsp3) is 0.619. The molecule has 1 atom stereocenters. The maximum Gasteiger partial charge on any atom is 0.243 e. The van der Waals surface area contributed by atoms with Gasteiger partial charge in [0.05, 0.1) is 13.7 Å². The number of rotatable bonds is 15. The topological polar surface area (TPSA) is 102 Å². The van der Waals surface area contributed by atoms with Gasteiger partial charge in [0.15, 0.2) is 0 Å².